The number of amides is 1. The molecule has 16 heavy (non-hydrogen) atoms. The second-order valence-corrected chi connectivity index (χ2v) is 3.61. The van der Waals surface area contributed by atoms with Crippen LogP contribution in [-0.2, 0) is 4.79 Å². The molecule has 0 aromatic heterocycles. The molecule has 0 aliphatic carbocycles. The van der Waals surface area contributed by atoms with Gasteiger partial charge < -0.3 is 10.4 Å². The third-order valence-electron chi connectivity index (χ3n) is 2.46. The number of phenols is 1. The molecule has 0 aliphatic heterocycles. The van der Waals surface area contributed by atoms with Gasteiger partial charge in [-0.05, 0) is 23.6 Å². The van der Waals surface area contributed by atoms with E-state index < -0.39 is 0 Å². The number of hydrogen-bond acceptors (Lipinski definition) is 2. The number of benzene rings is 2. The van der Waals surface area contributed by atoms with Crippen molar-refractivity contribution in [1.82, 2.24) is 0 Å². The number of carbonyl (C=O) groups excluding carboxylic acids is 1. The number of carbonyl (C=O) groups is 1. The molecule has 2 N–H and O–H groups in total. The number of aromatic hydroxyl groups is 1. The van der Waals surface area contributed by atoms with Crippen molar-refractivity contribution in [2.24, 2.45) is 0 Å². The summed E-state index contributed by atoms with van der Waals surface area (Å²) in [5.74, 6) is 0.194. The largest absolute Gasteiger partial charge is 0.507 e. The van der Waals surface area contributed by atoms with Crippen LogP contribution in [0.5, 0.6) is 5.75 Å². The fraction of sp³-hybridized carbons (Fsp3) is 0.154. The molecular formula is C13H13NO2. The van der Waals surface area contributed by atoms with E-state index in [1.807, 2.05) is 18.2 Å². The highest BCUT2D eigenvalue weighted by atomic mass is 16.3. The van der Waals surface area contributed by atoms with E-state index in [-0.39, 0.29) is 11.7 Å². The van der Waals surface area contributed by atoms with Crippen LogP contribution in [0, 0.1) is 0 Å². The van der Waals surface area contributed by atoms with Crippen LogP contribution in [0.2, 0.25) is 0 Å². The molecule has 0 heterocycles. The van der Waals surface area contributed by atoms with Gasteiger partial charge in [0.2, 0.25) is 5.91 Å². The van der Waals surface area contributed by atoms with Gasteiger partial charge in [0.25, 0.3) is 0 Å². The molecule has 0 bridgehead atoms. The molecule has 0 spiro atoms. The minimum absolute atomic E-state index is 0.0326. The highest BCUT2D eigenvalue weighted by molar-refractivity contribution is 5.96. The summed E-state index contributed by atoms with van der Waals surface area (Å²) in [5, 5.41) is 14.1. The minimum Gasteiger partial charge on any atom is -0.507 e. The maximum atomic E-state index is 11.2. The average molecular weight is 215 g/mol. The van der Waals surface area contributed by atoms with E-state index in [2.05, 4.69) is 5.32 Å². The van der Waals surface area contributed by atoms with Gasteiger partial charge in [-0.15, -0.1) is 0 Å². The molecule has 2 rings (SSSR count). The summed E-state index contributed by atoms with van der Waals surface area (Å²) >= 11 is 0. The first-order valence-electron chi connectivity index (χ1n) is 5.22. The summed E-state index contributed by atoms with van der Waals surface area (Å²) in [6.07, 6.45) is 0.443. The summed E-state index contributed by atoms with van der Waals surface area (Å²) < 4.78 is 0. The Kier molecular flexibility index (Phi) is 2.77. The Morgan fingerprint density at radius 1 is 1.31 bits per heavy atom. The van der Waals surface area contributed by atoms with E-state index in [9.17, 15) is 9.90 Å². The lowest BCUT2D eigenvalue weighted by Crippen LogP contribution is -2.09. The second kappa shape index (κ2) is 4.23. The second-order valence-electron chi connectivity index (χ2n) is 3.61. The third kappa shape index (κ3) is 1.98. The Morgan fingerprint density at radius 3 is 2.88 bits per heavy atom. The summed E-state index contributed by atoms with van der Waals surface area (Å²) in [7, 11) is 0. The predicted octanol–water partition coefficient (Wildman–Crippen LogP) is 2.89. The number of nitrogens with one attached hydrogen (secondary N) is 1. The van der Waals surface area contributed by atoms with Crippen LogP contribution in [0.25, 0.3) is 10.8 Å². The fourth-order valence-corrected chi connectivity index (χ4v) is 1.58. The summed E-state index contributed by atoms with van der Waals surface area (Å²) in [4.78, 5) is 11.2. The maximum absolute atomic E-state index is 11.2. The molecule has 1 amide bonds. The van der Waals surface area contributed by atoms with Crippen molar-refractivity contribution >= 4 is 22.4 Å². The lowest BCUT2D eigenvalue weighted by molar-refractivity contribution is -0.115. The molecule has 0 atom stereocenters. The van der Waals surface area contributed by atoms with E-state index in [0.717, 1.165) is 10.8 Å². The lowest BCUT2D eigenvalue weighted by atomic mass is 10.1. The van der Waals surface area contributed by atoms with Crippen molar-refractivity contribution in [3.63, 3.8) is 0 Å². The van der Waals surface area contributed by atoms with Gasteiger partial charge in [-0.3, -0.25) is 4.79 Å². The van der Waals surface area contributed by atoms with Crippen LogP contribution < -0.4 is 5.32 Å². The first-order chi connectivity index (χ1) is 7.70. The van der Waals surface area contributed by atoms with E-state index in [1.165, 1.54) is 0 Å². The molecule has 2 aromatic carbocycles. The molecule has 0 saturated heterocycles. The van der Waals surface area contributed by atoms with Crippen LogP contribution in [0.4, 0.5) is 5.69 Å². The van der Waals surface area contributed by atoms with Crippen LogP contribution in [0.1, 0.15) is 13.3 Å². The highest BCUT2D eigenvalue weighted by Crippen LogP contribution is 2.27. The number of hydrogen-bond donors (Lipinski definition) is 2. The van der Waals surface area contributed by atoms with Crippen molar-refractivity contribution in [3.8, 4) is 5.75 Å². The normalized spacial score (nSPS) is 10.3. The standard InChI is InChI=1S/C13H13NO2/c1-2-13(16)14-10-7-6-9-4-3-5-12(15)11(9)8-10/h3-8,15H,2H2,1H3,(H,14,16). The van der Waals surface area contributed by atoms with Crippen LogP contribution in [-0.4, -0.2) is 11.0 Å². The zero-order valence-corrected chi connectivity index (χ0v) is 9.03. The highest BCUT2D eigenvalue weighted by Gasteiger charge is 2.02. The predicted molar refractivity (Wildman–Crippen MR) is 64.5 cm³/mol. The Balaban J connectivity index is 2.43. The van der Waals surface area contributed by atoms with Crippen molar-refractivity contribution in [2.75, 3.05) is 5.32 Å². The molecule has 0 fully saturated rings. The molecule has 3 heteroatoms. The van der Waals surface area contributed by atoms with Gasteiger partial charge in [0.05, 0.1) is 0 Å². The molecule has 0 unspecified atom stereocenters. The molecular weight excluding hydrogens is 202 g/mol. The van der Waals surface area contributed by atoms with Crippen LogP contribution >= 0.6 is 0 Å². The summed E-state index contributed by atoms with van der Waals surface area (Å²) in [6, 6.07) is 10.8. The lowest BCUT2D eigenvalue weighted by Gasteiger charge is -2.06. The van der Waals surface area contributed by atoms with Crippen molar-refractivity contribution in [2.45, 2.75) is 13.3 Å². The SMILES string of the molecule is CCC(=O)Nc1ccc2cccc(O)c2c1. The topological polar surface area (TPSA) is 49.3 Å². The minimum atomic E-state index is -0.0326. The van der Waals surface area contributed by atoms with Gasteiger partial charge >= 0.3 is 0 Å². The fourth-order valence-electron chi connectivity index (χ4n) is 1.58. The van der Waals surface area contributed by atoms with E-state index in [4.69, 9.17) is 0 Å². The van der Waals surface area contributed by atoms with Crippen LogP contribution in [0.3, 0.4) is 0 Å². The zero-order valence-electron chi connectivity index (χ0n) is 9.03. The van der Waals surface area contributed by atoms with Gasteiger partial charge in [-0.25, -0.2) is 0 Å². The van der Waals surface area contributed by atoms with E-state index in [0.29, 0.717) is 12.1 Å². The molecule has 0 saturated carbocycles. The van der Waals surface area contributed by atoms with Gasteiger partial charge in [-0.1, -0.05) is 25.1 Å². The number of fused-ring (bicyclic) bond motifs is 1. The Morgan fingerprint density at radius 2 is 2.12 bits per heavy atom. The van der Waals surface area contributed by atoms with Crippen molar-refractivity contribution in [3.05, 3.63) is 36.4 Å². The monoisotopic (exact) mass is 215 g/mol. The number of anilines is 1. The summed E-state index contributed by atoms with van der Waals surface area (Å²) in [6.45, 7) is 1.80. The maximum Gasteiger partial charge on any atom is 0.224 e. The molecule has 2 aromatic rings. The third-order valence-corrected chi connectivity index (χ3v) is 2.46. The smallest absolute Gasteiger partial charge is 0.224 e. The van der Waals surface area contributed by atoms with E-state index >= 15 is 0 Å². The van der Waals surface area contributed by atoms with Crippen molar-refractivity contribution < 1.29 is 9.90 Å². The molecule has 3 nitrogen and oxygen atoms in total. The van der Waals surface area contributed by atoms with E-state index in [1.54, 1.807) is 25.1 Å². The zero-order chi connectivity index (χ0) is 11.5. The van der Waals surface area contributed by atoms with Crippen LogP contribution in [0.15, 0.2) is 36.4 Å². The number of rotatable bonds is 2. The first kappa shape index (κ1) is 10.5. The molecule has 82 valence electrons. The molecule has 0 aliphatic rings. The summed E-state index contributed by atoms with van der Waals surface area (Å²) in [5.41, 5.74) is 0.709. The van der Waals surface area contributed by atoms with Gasteiger partial charge in [-0.2, -0.15) is 0 Å². The molecule has 0 radical (unpaired) electrons. The average Bonchev–Trinajstić information content (AvgIpc) is 2.30. The number of phenolic OH excluding ortho intramolecular Hbond substituents is 1. The quantitative estimate of drug-likeness (QED) is 0.809. The van der Waals surface area contributed by atoms with Gasteiger partial charge in [0.1, 0.15) is 5.75 Å². The van der Waals surface area contributed by atoms with Gasteiger partial charge in [0, 0.05) is 17.5 Å². The Hall–Kier alpha value is -2.03. The Bertz CT molecular complexity index is 534. The Labute approximate surface area is 93.7 Å². The van der Waals surface area contributed by atoms with Crippen molar-refractivity contribution in [1.29, 1.82) is 0 Å². The van der Waals surface area contributed by atoms with Gasteiger partial charge in [0.15, 0.2) is 0 Å². The first-order valence-corrected chi connectivity index (χ1v) is 5.22.